The molecule has 0 bridgehead atoms. The van der Waals surface area contributed by atoms with Gasteiger partial charge in [-0.1, -0.05) is 32.6 Å². The van der Waals surface area contributed by atoms with Gasteiger partial charge >= 0.3 is 0 Å². The first-order valence-corrected chi connectivity index (χ1v) is 6.94. The van der Waals surface area contributed by atoms with Crippen LogP contribution in [0.1, 0.15) is 39.0 Å². The zero-order chi connectivity index (χ0) is 13.5. The molecule has 0 spiro atoms. The van der Waals surface area contributed by atoms with Crippen molar-refractivity contribution in [2.24, 2.45) is 0 Å². The van der Waals surface area contributed by atoms with Gasteiger partial charge in [-0.15, -0.1) is 0 Å². The summed E-state index contributed by atoms with van der Waals surface area (Å²) in [6, 6.07) is 5.60. The average Bonchev–Trinajstić information content (AvgIpc) is 2.42. The van der Waals surface area contributed by atoms with Crippen molar-refractivity contribution < 1.29 is 4.74 Å². The standard InChI is InChI=1S/C15H21N3O/c1-2-3-4-5-6-9-19-15-13-8-7-12(16)10-14(13)17-11-18-15/h7-8,10-11H,2-6,9,16H2,1H3. The van der Waals surface area contributed by atoms with Crippen molar-refractivity contribution in [2.75, 3.05) is 12.3 Å². The SMILES string of the molecule is CCCCCCCOc1ncnc2cc(N)ccc12. The molecule has 0 atom stereocenters. The van der Waals surface area contributed by atoms with E-state index in [1.54, 1.807) is 0 Å². The summed E-state index contributed by atoms with van der Waals surface area (Å²) < 4.78 is 5.75. The maximum Gasteiger partial charge on any atom is 0.224 e. The van der Waals surface area contributed by atoms with E-state index in [0.29, 0.717) is 18.2 Å². The molecule has 0 aliphatic rings. The van der Waals surface area contributed by atoms with Gasteiger partial charge in [0.25, 0.3) is 0 Å². The summed E-state index contributed by atoms with van der Waals surface area (Å²) in [4.78, 5) is 8.40. The molecule has 0 aliphatic carbocycles. The van der Waals surface area contributed by atoms with E-state index in [1.165, 1.54) is 32.0 Å². The van der Waals surface area contributed by atoms with Crippen LogP contribution in [-0.2, 0) is 0 Å². The Bertz CT molecular complexity index is 528. The van der Waals surface area contributed by atoms with Crippen molar-refractivity contribution in [2.45, 2.75) is 39.0 Å². The molecule has 19 heavy (non-hydrogen) atoms. The maximum absolute atomic E-state index is 5.75. The lowest BCUT2D eigenvalue weighted by atomic mass is 10.2. The molecule has 0 saturated heterocycles. The molecule has 1 aromatic carbocycles. The monoisotopic (exact) mass is 259 g/mol. The minimum atomic E-state index is 0.653. The lowest BCUT2D eigenvalue weighted by Crippen LogP contribution is -2.00. The Hall–Kier alpha value is -1.84. The molecule has 1 heterocycles. The molecule has 102 valence electrons. The molecule has 2 aromatic rings. The highest BCUT2D eigenvalue weighted by Gasteiger charge is 2.04. The van der Waals surface area contributed by atoms with Gasteiger partial charge in [-0.25, -0.2) is 9.97 Å². The molecule has 4 heteroatoms. The number of unbranched alkanes of at least 4 members (excludes halogenated alkanes) is 4. The summed E-state index contributed by atoms with van der Waals surface area (Å²) in [6.45, 7) is 2.93. The van der Waals surface area contributed by atoms with Crippen molar-refractivity contribution in [1.82, 2.24) is 9.97 Å². The molecule has 0 amide bonds. The third kappa shape index (κ3) is 3.81. The van der Waals surface area contributed by atoms with Crippen LogP contribution in [0.2, 0.25) is 0 Å². The fourth-order valence-corrected chi connectivity index (χ4v) is 2.04. The molecule has 0 unspecified atom stereocenters. The van der Waals surface area contributed by atoms with Crippen LogP contribution in [0.5, 0.6) is 5.88 Å². The molecule has 2 N–H and O–H groups in total. The first-order valence-electron chi connectivity index (χ1n) is 6.94. The van der Waals surface area contributed by atoms with Gasteiger partial charge in [-0.3, -0.25) is 0 Å². The Balaban J connectivity index is 1.93. The molecular formula is C15H21N3O. The molecule has 0 aliphatic heterocycles. The van der Waals surface area contributed by atoms with E-state index in [2.05, 4.69) is 16.9 Å². The number of aromatic nitrogens is 2. The Morgan fingerprint density at radius 1 is 1.11 bits per heavy atom. The maximum atomic E-state index is 5.75. The highest BCUT2D eigenvalue weighted by Crippen LogP contribution is 2.23. The van der Waals surface area contributed by atoms with Crippen LogP contribution in [0.4, 0.5) is 5.69 Å². The first-order chi connectivity index (χ1) is 9.31. The number of hydrogen-bond donors (Lipinski definition) is 1. The smallest absolute Gasteiger partial charge is 0.224 e. The topological polar surface area (TPSA) is 61.0 Å². The highest BCUT2D eigenvalue weighted by molar-refractivity contribution is 5.85. The molecule has 0 radical (unpaired) electrons. The molecule has 2 rings (SSSR count). The predicted octanol–water partition coefficient (Wildman–Crippen LogP) is 3.56. The molecule has 1 aromatic heterocycles. The third-order valence-electron chi connectivity index (χ3n) is 3.11. The van der Waals surface area contributed by atoms with Crippen molar-refractivity contribution in [3.8, 4) is 5.88 Å². The predicted molar refractivity (Wildman–Crippen MR) is 78.2 cm³/mol. The molecule has 0 saturated carbocycles. The van der Waals surface area contributed by atoms with E-state index in [1.807, 2.05) is 18.2 Å². The number of hydrogen-bond acceptors (Lipinski definition) is 4. The summed E-state index contributed by atoms with van der Waals surface area (Å²) in [5.41, 5.74) is 7.28. The van der Waals surface area contributed by atoms with Crippen LogP contribution in [0.15, 0.2) is 24.5 Å². The quantitative estimate of drug-likeness (QED) is 0.610. The third-order valence-corrected chi connectivity index (χ3v) is 3.11. The molecule has 0 fully saturated rings. The largest absolute Gasteiger partial charge is 0.477 e. The van der Waals surface area contributed by atoms with Gasteiger partial charge in [0.05, 0.1) is 17.5 Å². The highest BCUT2D eigenvalue weighted by atomic mass is 16.5. The van der Waals surface area contributed by atoms with E-state index in [0.717, 1.165) is 17.3 Å². The van der Waals surface area contributed by atoms with Crippen LogP contribution in [-0.4, -0.2) is 16.6 Å². The Kier molecular flexibility index (Phi) is 4.95. The number of nitrogens with zero attached hydrogens (tertiary/aromatic N) is 2. The van der Waals surface area contributed by atoms with E-state index < -0.39 is 0 Å². The van der Waals surface area contributed by atoms with E-state index in [4.69, 9.17) is 10.5 Å². The lowest BCUT2D eigenvalue weighted by Gasteiger charge is -2.07. The zero-order valence-electron chi connectivity index (χ0n) is 11.4. The van der Waals surface area contributed by atoms with Crippen LogP contribution < -0.4 is 10.5 Å². The zero-order valence-corrected chi connectivity index (χ0v) is 11.4. The van der Waals surface area contributed by atoms with Crippen LogP contribution in [0, 0.1) is 0 Å². The summed E-state index contributed by atoms with van der Waals surface area (Å²) in [7, 11) is 0. The fourth-order valence-electron chi connectivity index (χ4n) is 2.04. The summed E-state index contributed by atoms with van der Waals surface area (Å²) in [5.74, 6) is 0.653. The van der Waals surface area contributed by atoms with Crippen LogP contribution in [0.3, 0.4) is 0 Å². The lowest BCUT2D eigenvalue weighted by molar-refractivity contribution is 0.297. The summed E-state index contributed by atoms with van der Waals surface area (Å²) >= 11 is 0. The van der Waals surface area contributed by atoms with Crippen molar-refractivity contribution in [3.63, 3.8) is 0 Å². The number of benzene rings is 1. The van der Waals surface area contributed by atoms with Gasteiger partial charge in [0, 0.05) is 5.69 Å². The molecular weight excluding hydrogens is 238 g/mol. The van der Waals surface area contributed by atoms with Crippen molar-refractivity contribution >= 4 is 16.6 Å². The van der Waals surface area contributed by atoms with Crippen LogP contribution >= 0.6 is 0 Å². The normalized spacial score (nSPS) is 10.8. The van der Waals surface area contributed by atoms with Crippen molar-refractivity contribution in [3.05, 3.63) is 24.5 Å². The number of nitrogens with two attached hydrogens (primary N) is 1. The van der Waals surface area contributed by atoms with Gasteiger partial charge < -0.3 is 10.5 Å². The first kappa shape index (κ1) is 13.6. The van der Waals surface area contributed by atoms with Gasteiger partial charge in [0.15, 0.2) is 0 Å². The van der Waals surface area contributed by atoms with Gasteiger partial charge in [0.1, 0.15) is 6.33 Å². The summed E-state index contributed by atoms with van der Waals surface area (Å²) in [5, 5.41) is 0.922. The average molecular weight is 259 g/mol. The molecule has 4 nitrogen and oxygen atoms in total. The second-order valence-corrected chi connectivity index (χ2v) is 4.72. The second-order valence-electron chi connectivity index (χ2n) is 4.72. The Morgan fingerprint density at radius 2 is 1.95 bits per heavy atom. The Morgan fingerprint density at radius 3 is 2.79 bits per heavy atom. The number of rotatable bonds is 7. The minimum Gasteiger partial charge on any atom is -0.477 e. The fraction of sp³-hybridized carbons (Fsp3) is 0.467. The van der Waals surface area contributed by atoms with Gasteiger partial charge in [-0.05, 0) is 24.6 Å². The van der Waals surface area contributed by atoms with Crippen LogP contribution in [0.25, 0.3) is 10.9 Å². The number of anilines is 1. The number of ether oxygens (including phenoxy) is 1. The Labute approximate surface area is 114 Å². The van der Waals surface area contributed by atoms with E-state index in [-0.39, 0.29) is 0 Å². The van der Waals surface area contributed by atoms with Crippen molar-refractivity contribution in [1.29, 1.82) is 0 Å². The summed E-state index contributed by atoms with van der Waals surface area (Å²) in [6.07, 6.45) is 7.65. The number of nitrogen functional groups attached to an aromatic ring is 1. The van der Waals surface area contributed by atoms with Gasteiger partial charge in [-0.2, -0.15) is 0 Å². The number of fused-ring (bicyclic) bond motifs is 1. The second kappa shape index (κ2) is 6.92. The van der Waals surface area contributed by atoms with E-state index >= 15 is 0 Å². The van der Waals surface area contributed by atoms with E-state index in [9.17, 15) is 0 Å². The minimum absolute atomic E-state index is 0.653. The van der Waals surface area contributed by atoms with Gasteiger partial charge in [0.2, 0.25) is 5.88 Å².